The van der Waals surface area contributed by atoms with Crippen LogP contribution in [0.15, 0.2) is 12.5 Å². The van der Waals surface area contributed by atoms with E-state index in [1.165, 1.54) is 38.5 Å². The lowest BCUT2D eigenvalue weighted by atomic mass is 9.87. The molecule has 0 amide bonds. The first-order chi connectivity index (χ1) is 11.0. The maximum Gasteiger partial charge on any atom is 0.333 e. The van der Waals surface area contributed by atoms with Crippen LogP contribution in [-0.2, 0) is 22.5 Å². The van der Waals surface area contributed by atoms with Crippen molar-refractivity contribution in [2.45, 2.75) is 70.6 Å². The molecule has 0 saturated heterocycles. The standard InChI is InChI=1S/C17H29N3O3.2ClH/c1-13(18)11-23-16(17(21)22)9-15-10-20(12-19-15)8-7-14-5-3-2-4-6-14;;/h10,12-14,16H,2-9,11,18H2,1H3,(H,21,22);2*1H/t13-,16-;;/m0../s1. The molecule has 1 heterocycles. The van der Waals surface area contributed by atoms with Crippen LogP contribution in [0.4, 0.5) is 0 Å². The Morgan fingerprint density at radius 3 is 2.68 bits per heavy atom. The Kier molecular flexibility index (Phi) is 12.1. The Hall–Kier alpha value is -0.820. The van der Waals surface area contributed by atoms with Crippen LogP contribution in [0.3, 0.4) is 0 Å². The summed E-state index contributed by atoms with van der Waals surface area (Å²) in [7, 11) is 0. The Morgan fingerprint density at radius 1 is 1.40 bits per heavy atom. The Balaban J connectivity index is 0.00000288. The molecule has 0 aliphatic heterocycles. The number of nitrogens with zero attached hydrogens (tertiary/aromatic N) is 2. The number of aryl methyl sites for hydroxylation is 1. The summed E-state index contributed by atoms with van der Waals surface area (Å²) in [6.45, 7) is 2.98. The van der Waals surface area contributed by atoms with Crippen molar-refractivity contribution < 1.29 is 14.6 Å². The highest BCUT2D eigenvalue weighted by Gasteiger charge is 2.20. The maximum absolute atomic E-state index is 11.3. The molecule has 1 aliphatic rings. The van der Waals surface area contributed by atoms with Crippen molar-refractivity contribution in [3.8, 4) is 0 Å². The van der Waals surface area contributed by atoms with Crippen LogP contribution in [0, 0.1) is 5.92 Å². The average molecular weight is 396 g/mol. The number of imidazole rings is 1. The largest absolute Gasteiger partial charge is 0.479 e. The maximum atomic E-state index is 11.3. The van der Waals surface area contributed by atoms with Gasteiger partial charge in [0.05, 0.1) is 18.6 Å². The summed E-state index contributed by atoms with van der Waals surface area (Å²) in [6, 6.07) is -0.176. The van der Waals surface area contributed by atoms with Gasteiger partial charge in [-0.25, -0.2) is 9.78 Å². The van der Waals surface area contributed by atoms with Crippen molar-refractivity contribution in [2.75, 3.05) is 6.61 Å². The molecule has 3 N–H and O–H groups in total. The van der Waals surface area contributed by atoms with Gasteiger partial charge in [0, 0.05) is 25.2 Å². The molecule has 2 rings (SSSR count). The van der Waals surface area contributed by atoms with E-state index in [4.69, 9.17) is 10.5 Å². The third kappa shape index (κ3) is 8.90. The van der Waals surface area contributed by atoms with Crippen LogP contribution in [0.1, 0.15) is 51.1 Å². The zero-order valence-electron chi connectivity index (χ0n) is 14.8. The van der Waals surface area contributed by atoms with E-state index in [1.807, 2.05) is 6.20 Å². The lowest BCUT2D eigenvalue weighted by Crippen LogP contribution is -2.32. The third-order valence-electron chi connectivity index (χ3n) is 4.44. The monoisotopic (exact) mass is 395 g/mol. The van der Waals surface area contributed by atoms with Gasteiger partial charge in [0.2, 0.25) is 0 Å². The van der Waals surface area contributed by atoms with E-state index in [9.17, 15) is 9.90 Å². The van der Waals surface area contributed by atoms with Crippen molar-refractivity contribution in [3.63, 3.8) is 0 Å². The average Bonchev–Trinajstić information content (AvgIpc) is 2.97. The molecular formula is C17H31Cl2N3O3. The van der Waals surface area contributed by atoms with E-state index in [1.54, 1.807) is 13.3 Å². The fraction of sp³-hybridized carbons (Fsp3) is 0.765. The molecule has 1 aliphatic carbocycles. The fourth-order valence-corrected chi connectivity index (χ4v) is 3.12. The van der Waals surface area contributed by atoms with Crippen molar-refractivity contribution in [2.24, 2.45) is 11.7 Å². The molecule has 8 heteroatoms. The molecule has 1 fully saturated rings. The van der Waals surface area contributed by atoms with Crippen molar-refractivity contribution in [1.82, 2.24) is 9.55 Å². The van der Waals surface area contributed by atoms with Gasteiger partial charge in [-0.1, -0.05) is 32.1 Å². The summed E-state index contributed by atoms with van der Waals surface area (Å²) in [4.78, 5) is 15.6. The van der Waals surface area contributed by atoms with Gasteiger partial charge in [0.15, 0.2) is 6.10 Å². The molecule has 2 atom stereocenters. The lowest BCUT2D eigenvalue weighted by Gasteiger charge is -2.21. The van der Waals surface area contributed by atoms with E-state index in [2.05, 4.69) is 9.55 Å². The topological polar surface area (TPSA) is 90.4 Å². The predicted octanol–water partition coefficient (Wildman–Crippen LogP) is 3.06. The third-order valence-corrected chi connectivity index (χ3v) is 4.44. The summed E-state index contributed by atoms with van der Waals surface area (Å²) in [5.74, 6) is -0.141. The first-order valence-corrected chi connectivity index (χ1v) is 8.65. The zero-order valence-corrected chi connectivity index (χ0v) is 16.4. The van der Waals surface area contributed by atoms with Crippen LogP contribution in [0.25, 0.3) is 0 Å². The van der Waals surface area contributed by atoms with Crippen LogP contribution in [-0.4, -0.2) is 39.4 Å². The molecule has 6 nitrogen and oxygen atoms in total. The van der Waals surface area contributed by atoms with Crippen molar-refractivity contribution >= 4 is 30.8 Å². The van der Waals surface area contributed by atoms with E-state index < -0.39 is 12.1 Å². The number of carboxylic acid groups (broad SMARTS) is 1. The number of aliphatic carboxylic acids is 1. The molecule has 25 heavy (non-hydrogen) atoms. The number of rotatable bonds is 9. The normalized spacial score (nSPS) is 17.2. The number of carbonyl (C=O) groups is 1. The molecule has 1 saturated carbocycles. The Bertz CT molecular complexity index is 491. The summed E-state index contributed by atoms with van der Waals surface area (Å²) in [6.07, 6.45) is 11.1. The van der Waals surface area contributed by atoms with Crippen molar-refractivity contribution in [1.29, 1.82) is 0 Å². The number of aromatic nitrogens is 2. The second-order valence-electron chi connectivity index (χ2n) is 6.74. The van der Waals surface area contributed by atoms with E-state index >= 15 is 0 Å². The molecular weight excluding hydrogens is 365 g/mol. The van der Waals surface area contributed by atoms with Crippen LogP contribution in [0.2, 0.25) is 0 Å². The van der Waals surface area contributed by atoms with Gasteiger partial charge in [0.1, 0.15) is 0 Å². The van der Waals surface area contributed by atoms with Crippen LogP contribution < -0.4 is 5.73 Å². The molecule has 146 valence electrons. The SMILES string of the molecule is C[C@H](N)CO[C@@H](Cc1cn(CCC2CCCCC2)cn1)C(=O)O.Cl.Cl. The highest BCUT2D eigenvalue weighted by atomic mass is 35.5. The highest BCUT2D eigenvalue weighted by Crippen LogP contribution is 2.26. The zero-order chi connectivity index (χ0) is 16.7. The highest BCUT2D eigenvalue weighted by molar-refractivity contribution is 5.85. The van der Waals surface area contributed by atoms with E-state index in [-0.39, 0.29) is 43.9 Å². The fourth-order valence-electron chi connectivity index (χ4n) is 3.12. The van der Waals surface area contributed by atoms with Gasteiger partial charge in [-0.15, -0.1) is 24.8 Å². The first-order valence-electron chi connectivity index (χ1n) is 8.65. The molecule has 0 spiro atoms. The number of hydrogen-bond acceptors (Lipinski definition) is 4. The van der Waals surface area contributed by atoms with Gasteiger partial charge in [-0.2, -0.15) is 0 Å². The van der Waals surface area contributed by atoms with Gasteiger partial charge < -0.3 is 20.1 Å². The molecule has 0 aromatic carbocycles. The molecule has 1 aromatic rings. The number of ether oxygens (including phenoxy) is 1. The van der Waals surface area contributed by atoms with Gasteiger partial charge in [-0.05, 0) is 19.3 Å². The van der Waals surface area contributed by atoms with Crippen molar-refractivity contribution in [3.05, 3.63) is 18.2 Å². The summed E-state index contributed by atoms with van der Waals surface area (Å²) >= 11 is 0. The quantitative estimate of drug-likeness (QED) is 0.670. The summed E-state index contributed by atoms with van der Waals surface area (Å²) in [5.41, 5.74) is 6.37. The predicted molar refractivity (Wildman–Crippen MR) is 103 cm³/mol. The van der Waals surface area contributed by atoms with Gasteiger partial charge in [-0.3, -0.25) is 0 Å². The van der Waals surface area contributed by atoms with Gasteiger partial charge in [0.25, 0.3) is 0 Å². The first kappa shape index (κ1) is 24.2. The molecule has 0 radical (unpaired) electrons. The lowest BCUT2D eigenvalue weighted by molar-refractivity contribution is -0.150. The van der Waals surface area contributed by atoms with Crippen LogP contribution in [0.5, 0.6) is 0 Å². The Labute approximate surface area is 162 Å². The van der Waals surface area contributed by atoms with E-state index in [0.29, 0.717) is 0 Å². The van der Waals surface area contributed by atoms with Crippen LogP contribution >= 0.6 is 24.8 Å². The second-order valence-corrected chi connectivity index (χ2v) is 6.74. The summed E-state index contributed by atoms with van der Waals surface area (Å²) < 4.78 is 7.42. The minimum atomic E-state index is -0.970. The number of carboxylic acids is 1. The number of halogens is 2. The Morgan fingerprint density at radius 2 is 2.08 bits per heavy atom. The van der Waals surface area contributed by atoms with E-state index in [0.717, 1.165) is 18.2 Å². The summed E-state index contributed by atoms with van der Waals surface area (Å²) in [5, 5.41) is 9.23. The number of hydrogen-bond donors (Lipinski definition) is 2. The second kappa shape index (κ2) is 12.5. The number of nitrogens with two attached hydrogens (primary N) is 1. The smallest absolute Gasteiger partial charge is 0.333 e. The minimum absolute atomic E-state index is 0. The molecule has 1 aromatic heterocycles. The molecule has 0 bridgehead atoms. The minimum Gasteiger partial charge on any atom is -0.479 e. The molecule has 0 unspecified atom stereocenters. The van der Waals surface area contributed by atoms with Gasteiger partial charge >= 0.3 is 5.97 Å².